The van der Waals surface area contributed by atoms with E-state index in [2.05, 4.69) is 35.0 Å². The Balaban J connectivity index is 3.00. The first-order valence-corrected chi connectivity index (χ1v) is 9.25. The topological polar surface area (TPSA) is 0 Å². The van der Waals surface area contributed by atoms with E-state index in [0.717, 1.165) is 0 Å². The zero-order valence-corrected chi connectivity index (χ0v) is 14.0. The summed E-state index contributed by atoms with van der Waals surface area (Å²) in [5, 5.41) is 1.17. The van der Waals surface area contributed by atoms with Crippen molar-refractivity contribution in [1.82, 2.24) is 0 Å². The normalized spacial score (nSPS) is 11.4. The first-order chi connectivity index (χ1) is 8.91. The molecular weight excluding hydrogens is 284 g/mol. The highest BCUT2D eigenvalue weighted by atomic mass is 79.9. The number of allylic oxidation sites excluding steroid dienone is 2. The predicted octanol–water partition coefficient (Wildman–Crippen LogP) is 7.03. The largest absolute Gasteiger partial charge is 0.0928 e. The number of hydrogen-bond acceptors (Lipinski definition) is 0. The van der Waals surface area contributed by atoms with Gasteiger partial charge < -0.3 is 0 Å². The third-order valence-corrected chi connectivity index (χ3v) is 3.96. The molecule has 0 aromatic heterocycles. The lowest BCUT2D eigenvalue weighted by Crippen LogP contribution is -1.80. The van der Waals surface area contributed by atoms with E-state index in [9.17, 15) is 0 Å². The van der Waals surface area contributed by atoms with Crippen molar-refractivity contribution in [2.45, 2.75) is 90.4 Å². The number of hydrogen-bond donors (Lipinski definition) is 0. The van der Waals surface area contributed by atoms with Crippen LogP contribution in [0, 0.1) is 0 Å². The molecule has 0 bridgehead atoms. The third-order valence-electron chi connectivity index (χ3n) is 3.40. The van der Waals surface area contributed by atoms with Gasteiger partial charge in [-0.1, -0.05) is 86.4 Å². The second-order valence-electron chi connectivity index (χ2n) is 5.27. The predicted molar refractivity (Wildman–Crippen MR) is 88.6 cm³/mol. The molecule has 0 N–H and O–H groups in total. The van der Waals surface area contributed by atoms with Gasteiger partial charge in [0.05, 0.1) is 0 Å². The van der Waals surface area contributed by atoms with Crippen LogP contribution in [0.25, 0.3) is 0 Å². The Bertz CT molecular complexity index is 163. The maximum Gasteiger partial charge on any atom is 0.00313 e. The van der Waals surface area contributed by atoms with E-state index in [-0.39, 0.29) is 0 Å². The Labute approximate surface area is 124 Å². The van der Waals surface area contributed by atoms with E-state index in [1.165, 1.54) is 88.8 Å². The lowest BCUT2D eigenvalue weighted by molar-refractivity contribution is 0.612. The summed E-state index contributed by atoms with van der Waals surface area (Å²) in [7, 11) is 0. The molecule has 0 fully saturated rings. The average Bonchev–Trinajstić information content (AvgIpc) is 2.39. The van der Waals surface area contributed by atoms with Crippen molar-refractivity contribution < 1.29 is 0 Å². The van der Waals surface area contributed by atoms with E-state index < -0.39 is 0 Å². The highest BCUT2D eigenvalue weighted by molar-refractivity contribution is 9.09. The van der Waals surface area contributed by atoms with Crippen molar-refractivity contribution in [2.24, 2.45) is 0 Å². The molecule has 0 atom stereocenters. The van der Waals surface area contributed by atoms with E-state index in [1.54, 1.807) is 0 Å². The van der Waals surface area contributed by atoms with Crippen molar-refractivity contribution in [1.29, 1.82) is 0 Å². The molecule has 0 spiro atoms. The van der Waals surface area contributed by atoms with Gasteiger partial charge in [0.15, 0.2) is 0 Å². The summed E-state index contributed by atoms with van der Waals surface area (Å²) >= 11 is 3.48. The molecule has 0 radical (unpaired) electrons. The molecule has 0 saturated heterocycles. The molecular formula is C17H33Br. The Morgan fingerprint density at radius 2 is 1.06 bits per heavy atom. The summed E-state index contributed by atoms with van der Waals surface area (Å²) < 4.78 is 0. The first-order valence-electron chi connectivity index (χ1n) is 8.12. The minimum Gasteiger partial charge on any atom is -0.0928 e. The highest BCUT2D eigenvalue weighted by Crippen LogP contribution is 2.09. The van der Waals surface area contributed by atoms with E-state index >= 15 is 0 Å². The van der Waals surface area contributed by atoms with Gasteiger partial charge in [-0.3, -0.25) is 0 Å². The van der Waals surface area contributed by atoms with Gasteiger partial charge in [0.25, 0.3) is 0 Å². The lowest BCUT2D eigenvalue weighted by Gasteiger charge is -1.99. The van der Waals surface area contributed by atoms with E-state index in [1.807, 2.05) is 0 Å². The standard InChI is InChI=1S/C17H33Br/c1-2-3-4-5-6-7-8-9-10-11-12-13-14-15-16-17-18/h8-9H,2-7,10-17H2,1H3/b9-8+. The Morgan fingerprint density at radius 1 is 0.611 bits per heavy atom. The van der Waals surface area contributed by atoms with Crippen LogP contribution in [0.5, 0.6) is 0 Å². The van der Waals surface area contributed by atoms with E-state index in [0.29, 0.717) is 0 Å². The molecule has 18 heavy (non-hydrogen) atoms. The maximum atomic E-state index is 3.48. The van der Waals surface area contributed by atoms with Gasteiger partial charge in [-0.25, -0.2) is 0 Å². The monoisotopic (exact) mass is 316 g/mol. The number of rotatable bonds is 14. The van der Waals surface area contributed by atoms with Crippen LogP contribution in [-0.2, 0) is 0 Å². The number of halogens is 1. The summed E-state index contributed by atoms with van der Waals surface area (Å²) in [6.07, 6.45) is 22.8. The molecule has 0 unspecified atom stereocenters. The molecule has 108 valence electrons. The molecule has 0 aliphatic heterocycles. The zero-order valence-electron chi connectivity index (χ0n) is 12.4. The zero-order chi connectivity index (χ0) is 13.3. The van der Waals surface area contributed by atoms with Crippen LogP contribution >= 0.6 is 15.9 Å². The van der Waals surface area contributed by atoms with Crippen molar-refractivity contribution in [3.63, 3.8) is 0 Å². The smallest absolute Gasteiger partial charge is 0.00313 e. The minimum atomic E-state index is 1.17. The van der Waals surface area contributed by atoms with Gasteiger partial charge in [-0.05, 0) is 32.1 Å². The van der Waals surface area contributed by atoms with Crippen molar-refractivity contribution in [3.05, 3.63) is 12.2 Å². The maximum absolute atomic E-state index is 3.48. The number of alkyl halides is 1. The van der Waals surface area contributed by atoms with Crippen LogP contribution in [0.15, 0.2) is 12.2 Å². The van der Waals surface area contributed by atoms with Crippen LogP contribution in [0.1, 0.15) is 90.4 Å². The Hall–Kier alpha value is 0.220. The summed E-state index contributed by atoms with van der Waals surface area (Å²) in [6, 6.07) is 0. The van der Waals surface area contributed by atoms with E-state index in [4.69, 9.17) is 0 Å². The molecule has 0 rings (SSSR count). The summed E-state index contributed by atoms with van der Waals surface area (Å²) in [6.45, 7) is 2.28. The minimum absolute atomic E-state index is 1.17. The van der Waals surface area contributed by atoms with Crippen LogP contribution in [-0.4, -0.2) is 5.33 Å². The second-order valence-corrected chi connectivity index (χ2v) is 6.07. The summed E-state index contributed by atoms with van der Waals surface area (Å²) in [4.78, 5) is 0. The average molecular weight is 317 g/mol. The molecule has 0 aliphatic carbocycles. The molecule has 0 nitrogen and oxygen atoms in total. The fraction of sp³-hybridized carbons (Fsp3) is 0.882. The molecule has 1 heteroatoms. The Kier molecular flexibility index (Phi) is 17.4. The molecule has 0 aliphatic rings. The Morgan fingerprint density at radius 3 is 1.56 bits per heavy atom. The van der Waals surface area contributed by atoms with Crippen LogP contribution < -0.4 is 0 Å². The van der Waals surface area contributed by atoms with Crippen molar-refractivity contribution in [3.8, 4) is 0 Å². The van der Waals surface area contributed by atoms with Crippen molar-refractivity contribution in [2.75, 3.05) is 5.33 Å². The first kappa shape index (κ1) is 18.2. The van der Waals surface area contributed by atoms with Gasteiger partial charge >= 0.3 is 0 Å². The van der Waals surface area contributed by atoms with Gasteiger partial charge in [0.1, 0.15) is 0 Å². The number of unbranched alkanes of at least 4 members (excludes halogenated alkanes) is 11. The lowest BCUT2D eigenvalue weighted by atomic mass is 10.1. The fourth-order valence-corrected chi connectivity index (χ4v) is 2.56. The van der Waals surface area contributed by atoms with Gasteiger partial charge in [-0.15, -0.1) is 0 Å². The molecule has 0 amide bonds. The summed E-state index contributed by atoms with van der Waals surface area (Å²) in [5.41, 5.74) is 0. The molecule has 0 aromatic carbocycles. The van der Waals surface area contributed by atoms with Gasteiger partial charge in [0, 0.05) is 5.33 Å². The van der Waals surface area contributed by atoms with Crippen LogP contribution in [0.3, 0.4) is 0 Å². The SMILES string of the molecule is CCCCCCC/C=C/CCCCCCCCBr. The quantitative estimate of drug-likeness (QED) is 0.183. The highest BCUT2D eigenvalue weighted by Gasteiger charge is 1.90. The second kappa shape index (κ2) is 17.2. The van der Waals surface area contributed by atoms with Gasteiger partial charge in [-0.2, -0.15) is 0 Å². The molecule has 0 heterocycles. The van der Waals surface area contributed by atoms with Crippen molar-refractivity contribution >= 4 is 15.9 Å². The van der Waals surface area contributed by atoms with Gasteiger partial charge in [0.2, 0.25) is 0 Å². The van der Waals surface area contributed by atoms with Crippen LogP contribution in [0.4, 0.5) is 0 Å². The fourth-order valence-electron chi connectivity index (χ4n) is 2.17. The van der Waals surface area contributed by atoms with Crippen LogP contribution in [0.2, 0.25) is 0 Å². The third kappa shape index (κ3) is 16.2. The summed E-state index contributed by atoms with van der Waals surface area (Å²) in [5.74, 6) is 0. The molecule has 0 saturated carbocycles. The molecule has 0 aromatic rings.